The second-order valence-corrected chi connectivity index (χ2v) is 10.2. The van der Waals surface area contributed by atoms with Crippen LogP contribution in [-0.2, 0) is 16.1 Å². The molecule has 3 heterocycles. The van der Waals surface area contributed by atoms with Crippen LogP contribution in [0.1, 0.15) is 56.2 Å². The molecule has 0 bridgehead atoms. The van der Waals surface area contributed by atoms with Crippen LogP contribution in [0.2, 0.25) is 0 Å². The Morgan fingerprint density at radius 1 is 1.11 bits per heavy atom. The Hall–Kier alpha value is -2.86. The molecule has 1 unspecified atom stereocenters. The highest BCUT2D eigenvalue weighted by Crippen LogP contribution is 2.35. The van der Waals surface area contributed by atoms with Crippen LogP contribution in [0.15, 0.2) is 54.1 Å². The number of thioether (sulfide) groups is 1. The van der Waals surface area contributed by atoms with Gasteiger partial charge in [0, 0.05) is 24.1 Å². The molecule has 3 aromatic rings. The lowest BCUT2D eigenvalue weighted by Crippen LogP contribution is -2.22. The standard InChI is InChI=1S/C28H30FN3O3S/c29-26-17-24(13-12-21(26)7-6-16-34-27-11-3-4-15-33-27)35-20-23-19-31-28(36-25-9-1-2-10-25)32(23)22-8-5-14-30-18-22/h5,8,12-14,17-19,25,27H,1-4,9-11,15-16,20H2. The lowest BCUT2D eigenvalue weighted by Gasteiger charge is -2.21. The van der Waals surface area contributed by atoms with Crippen molar-refractivity contribution >= 4 is 11.8 Å². The predicted molar refractivity (Wildman–Crippen MR) is 137 cm³/mol. The fourth-order valence-corrected chi connectivity index (χ4v) is 5.73. The molecule has 2 aromatic heterocycles. The van der Waals surface area contributed by atoms with E-state index in [4.69, 9.17) is 14.2 Å². The first-order chi connectivity index (χ1) is 17.8. The number of hydrogen-bond acceptors (Lipinski definition) is 6. The lowest BCUT2D eigenvalue weighted by molar-refractivity contribution is -0.154. The van der Waals surface area contributed by atoms with Gasteiger partial charge in [-0.2, -0.15) is 0 Å². The van der Waals surface area contributed by atoms with Crippen LogP contribution in [0, 0.1) is 17.7 Å². The van der Waals surface area contributed by atoms with Gasteiger partial charge in [0.05, 0.1) is 29.3 Å². The van der Waals surface area contributed by atoms with Crippen LogP contribution in [0.25, 0.3) is 5.69 Å². The van der Waals surface area contributed by atoms with Crippen molar-refractivity contribution in [2.75, 3.05) is 13.2 Å². The number of halogens is 1. The minimum Gasteiger partial charge on any atom is -0.487 e. The molecule has 1 aliphatic carbocycles. The van der Waals surface area contributed by atoms with E-state index in [1.54, 1.807) is 18.3 Å². The summed E-state index contributed by atoms with van der Waals surface area (Å²) in [6, 6.07) is 8.65. The van der Waals surface area contributed by atoms with Crippen LogP contribution in [0.4, 0.5) is 4.39 Å². The number of nitrogens with zero attached hydrogens (tertiary/aromatic N) is 3. The number of imidazole rings is 1. The first-order valence-corrected chi connectivity index (χ1v) is 13.4. The SMILES string of the molecule is Fc1cc(OCc2cnc(SC3CCCC3)n2-c2cccnc2)ccc1C#CCOC1CCCCO1. The quantitative estimate of drug-likeness (QED) is 0.353. The molecule has 1 aromatic carbocycles. The van der Waals surface area contributed by atoms with Gasteiger partial charge in [-0.25, -0.2) is 9.37 Å². The predicted octanol–water partition coefficient (Wildman–Crippen LogP) is 5.91. The zero-order chi connectivity index (χ0) is 24.6. The summed E-state index contributed by atoms with van der Waals surface area (Å²) in [7, 11) is 0. The molecule has 6 nitrogen and oxygen atoms in total. The molecule has 8 heteroatoms. The summed E-state index contributed by atoms with van der Waals surface area (Å²) in [6.07, 6.45) is 13.2. The van der Waals surface area contributed by atoms with Crippen LogP contribution in [-0.4, -0.2) is 39.3 Å². The Morgan fingerprint density at radius 2 is 2.00 bits per heavy atom. The maximum Gasteiger partial charge on any atom is 0.173 e. The van der Waals surface area contributed by atoms with Gasteiger partial charge in [0.15, 0.2) is 11.4 Å². The van der Waals surface area contributed by atoms with E-state index in [1.807, 2.05) is 36.3 Å². The van der Waals surface area contributed by atoms with E-state index in [2.05, 4.69) is 26.4 Å². The van der Waals surface area contributed by atoms with Gasteiger partial charge in [-0.3, -0.25) is 9.55 Å². The van der Waals surface area contributed by atoms with E-state index >= 15 is 0 Å². The second-order valence-electron chi connectivity index (χ2n) is 8.94. The van der Waals surface area contributed by atoms with Crippen LogP contribution < -0.4 is 4.74 Å². The van der Waals surface area contributed by atoms with Gasteiger partial charge in [0.1, 0.15) is 24.8 Å². The molecule has 0 spiro atoms. The fourth-order valence-electron chi connectivity index (χ4n) is 4.42. The van der Waals surface area contributed by atoms with Gasteiger partial charge in [0.2, 0.25) is 0 Å². The maximum absolute atomic E-state index is 14.7. The van der Waals surface area contributed by atoms with E-state index < -0.39 is 5.82 Å². The number of pyridine rings is 1. The molecule has 2 fully saturated rings. The monoisotopic (exact) mass is 507 g/mol. The second kappa shape index (κ2) is 12.4. The molecule has 2 aliphatic rings. The van der Waals surface area contributed by atoms with E-state index in [1.165, 1.54) is 31.7 Å². The molecule has 0 amide bonds. The molecule has 1 saturated heterocycles. The van der Waals surface area contributed by atoms with E-state index in [-0.39, 0.29) is 19.5 Å². The summed E-state index contributed by atoms with van der Waals surface area (Å²) < 4.78 is 33.8. The average molecular weight is 508 g/mol. The van der Waals surface area contributed by atoms with Crippen molar-refractivity contribution in [2.45, 2.75) is 68.2 Å². The lowest BCUT2D eigenvalue weighted by atomic mass is 10.2. The number of rotatable bonds is 8. The minimum atomic E-state index is -0.424. The van der Waals surface area contributed by atoms with Crippen molar-refractivity contribution in [3.8, 4) is 23.3 Å². The zero-order valence-electron chi connectivity index (χ0n) is 20.2. The first-order valence-electron chi connectivity index (χ1n) is 12.5. The van der Waals surface area contributed by atoms with E-state index in [9.17, 15) is 4.39 Å². The molecule has 0 N–H and O–H groups in total. The maximum atomic E-state index is 14.7. The fraction of sp³-hybridized carbons (Fsp3) is 0.429. The van der Waals surface area contributed by atoms with Crippen molar-refractivity contribution in [1.82, 2.24) is 14.5 Å². The molecule has 1 saturated carbocycles. The Bertz CT molecular complexity index is 1200. The van der Waals surface area contributed by atoms with Crippen molar-refractivity contribution in [3.05, 3.63) is 66.0 Å². The van der Waals surface area contributed by atoms with Gasteiger partial charge < -0.3 is 14.2 Å². The Labute approximate surface area is 215 Å². The average Bonchev–Trinajstić information content (AvgIpc) is 3.58. The smallest absolute Gasteiger partial charge is 0.173 e. The van der Waals surface area contributed by atoms with E-state index in [0.717, 1.165) is 42.4 Å². The summed E-state index contributed by atoms with van der Waals surface area (Å²) in [5.41, 5.74) is 2.13. The Kier molecular flexibility index (Phi) is 8.55. The van der Waals surface area contributed by atoms with Crippen molar-refractivity contribution in [2.24, 2.45) is 0 Å². The number of aromatic nitrogens is 3. The minimum absolute atomic E-state index is 0.203. The third-order valence-electron chi connectivity index (χ3n) is 6.31. The molecule has 0 radical (unpaired) electrons. The van der Waals surface area contributed by atoms with Gasteiger partial charge >= 0.3 is 0 Å². The van der Waals surface area contributed by atoms with Gasteiger partial charge in [-0.05, 0) is 56.4 Å². The number of ether oxygens (including phenoxy) is 3. The molecule has 1 atom stereocenters. The number of benzene rings is 1. The topological polar surface area (TPSA) is 58.4 Å². The highest BCUT2D eigenvalue weighted by molar-refractivity contribution is 7.99. The summed E-state index contributed by atoms with van der Waals surface area (Å²) in [5.74, 6) is 5.72. The zero-order valence-corrected chi connectivity index (χ0v) is 21.0. The van der Waals surface area contributed by atoms with Crippen molar-refractivity contribution in [1.29, 1.82) is 0 Å². The summed E-state index contributed by atoms with van der Waals surface area (Å²) in [5, 5.41) is 1.52. The highest BCUT2D eigenvalue weighted by atomic mass is 32.2. The summed E-state index contributed by atoms with van der Waals surface area (Å²) in [6.45, 7) is 1.19. The summed E-state index contributed by atoms with van der Waals surface area (Å²) >= 11 is 1.81. The van der Waals surface area contributed by atoms with Gasteiger partial charge in [0.25, 0.3) is 0 Å². The summed E-state index contributed by atoms with van der Waals surface area (Å²) in [4.78, 5) is 8.95. The third kappa shape index (κ3) is 6.47. The van der Waals surface area contributed by atoms with Crippen LogP contribution in [0.5, 0.6) is 5.75 Å². The van der Waals surface area contributed by atoms with Crippen LogP contribution >= 0.6 is 11.8 Å². The van der Waals surface area contributed by atoms with Crippen molar-refractivity contribution < 1.29 is 18.6 Å². The Balaban J connectivity index is 1.23. The molecule has 5 rings (SSSR count). The molecular weight excluding hydrogens is 477 g/mol. The van der Waals surface area contributed by atoms with E-state index in [0.29, 0.717) is 16.6 Å². The molecule has 36 heavy (non-hydrogen) atoms. The third-order valence-corrected chi connectivity index (χ3v) is 7.61. The highest BCUT2D eigenvalue weighted by Gasteiger charge is 2.21. The van der Waals surface area contributed by atoms with Crippen molar-refractivity contribution in [3.63, 3.8) is 0 Å². The van der Waals surface area contributed by atoms with Crippen LogP contribution in [0.3, 0.4) is 0 Å². The molecular formula is C28H30FN3O3S. The largest absolute Gasteiger partial charge is 0.487 e. The first kappa shape index (κ1) is 24.8. The van der Waals surface area contributed by atoms with Gasteiger partial charge in [-0.15, -0.1) is 0 Å². The Morgan fingerprint density at radius 3 is 2.78 bits per heavy atom. The van der Waals surface area contributed by atoms with Gasteiger partial charge in [-0.1, -0.05) is 36.4 Å². The normalized spacial score (nSPS) is 18.1. The molecule has 1 aliphatic heterocycles. The molecule has 188 valence electrons. The number of hydrogen-bond donors (Lipinski definition) is 0.